The zero-order valence-electron chi connectivity index (χ0n) is 8.90. The molecule has 0 unspecified atom stereocenters. The van der Waals surface area contributed by atoms with Crippen LogP contribution in [0.2, 0.25) is 0 Å². The number of nitrogens with zero attached hydrogens (tertiary/aromatic N) is 4. The summed E-state index contributed by atoms with van der Waals surface area (Å²) >= 11 is 0. The first-order valence-corrected chi connectivity index (χ1v) is 4.74. The van der Waals surface area contributed by atoms with Gasteiger partial charge in [0.2, 0.25) is 0 Å². The molecule has 0 saturated carbocycles. The van der Waals surface area contributed by atoms with E-state index >= 15 is 0 Å². The minimum atomic E-state index is -0.581. The minimum Gasteiger partial charge on any atom is -0.294 e. The third-order valence-electron chi connectivity index (χ3n) is 2.24. The normalized spacial score (nSPS) is 10.2. The van der Waals surface area contributed by atoms with E-state index in [-0.39, 0.29) is 17.0 Å². The molecule has 7 heteroatoms. The predicted octanol–water partition coefficient (Wildman–Crippen LogP) is 1.38. The topological polar surface area (TPSA) is 90.9 Å². The Balaban J connectivity index is 2.57. The summed E-state index contributed by atoms with van der Waals surface area (Å²) in [5, 5.41) is 14.6. The van der Waals surface area contributed by atoms with Gasteiger partial charge in [0.1, 0.15) is 12.7 Å². The third kappa shape index (κ3) is 2.03. The second-order valence-corrected chi connectivity index (χ2v) is 3.35. The Hall–Kier alpha value is -2.57. The van der Waals surface area contributed by atoms with Gasteiger partial charge < -0.3 is 0 Å². The Labute approximate surface area is 95.9 Å². The van der Waals surface area contributed by atoms with Crippen LogP contribution >= 0.6 is 0 Å². The quantitative estimate of drug-likeness (QED) is 0.453. The van der Waals surface area contributed by atoms with E-state index in [1.807, 2.05) is 0 Å². The summed E-state index contributed by atoms with van der Waals surface area (Å²) in [4.78, 5) is 25.3. The molecule has 86 valence electrons. The zero-order chi connectivity index (χ0) is 12.4. The lowest BCUT2D eigenvalue weighted by atomic mass is 10.1. The summed E-state index contributed by atoms with van der Waals surface area (Å²) in [5.74, 6) is -0.362. The van der Waals surface area contributed by atoms with E-state index in [0.717, 1.165) is 0 Å². The van der Waals surface area contributed by atoms with Gasteiger partial charge in [-0.1, -0.05) is 0 Å². The van der Waals surface area contributed by atoms with Crippen molar-refractivity contribution in [2.75, 3.05) is 0 Å². The van der Waals surface area contributed by atoms with E-state index < -0.39 is 4.92 Å². The maximum atomic E-state index is 11.3. The van der Waals surface area contributed by atoms with Crippen LogP contribution in [0.25, 0.3) is 5.69 Å². The van der Waals surface area contributed by atoms with Gasteiger partial charge in [0.25, 0.3) is 5.69 Å². The maximum Gasteiger partial charge on any atom is 0.280 e. The highest BCUT2D eigenvalue weighted by Crippen LogP contribution is 2.21. The predicted molar refractivity (Wildman–Crippen MR) is 58.0 cm³/mol. The van der Waals surface area contributed by atoms with Crippen molar-refractivity contribution in [2.45, 2.75) is 6.92 Å². The number of benzene rings is 1. The lowest BCUT2D eigenvalue weighted by Gasteiger charge is -2.03. The van der Waals surface area contributed by atoms with Crippen molar-refractivity contribution in [2.24, 2.45) is 0 Å². The second kappa shape index (κ2) is 4.12. The molecule has 0 amide bonds. The van der Waals surface area contributed by atoms with Gasteiger partial charge in [-0.15, -0.1) is 0 Å². The number of carbonyl (C=O) groups excluding carboxylic acids is 1. The number of ketones is 1. The van der Waals surface area contributed by atoms with Crippen molar-refractivity contribution in [3.05, 3.63) is 46.5 Å². The fraction of sp³-hybridized carbons (Fsp3) is 0.100. The molecule has 0 aliphatic heterocycles. The fourth-order valence-corrected chi connectivity index (χ4v) is 1.45. The lowest BCUT2D eigenvalue weighted by Crippen LogP contribution is -2.03. The first-order chi connectivity index (χ1) is 8.09. The number of Topliss-reactive ketones (excluding diaryl/α,β-unsaturated/α-hetero) is 1. The molecule has 0 atom stereocenters. The van der Waals surface area contributed by atoms with Gasteiger partial charge >= 0.3 is 0 Å². The number of nitro benzene ring substituents is 1. The Kier molecular flexibility index (Phi) is 2.65. The molecule has 7 nitrogen and oxygen atoms in total. The van der Waals surface area contributed by atoms with Gasteiger partial charge in [-0.25, -0.2) is 9.67 Å². The van der Waals surface area contributed by atoms with E-state index in [0.29, 0.717) is 5.69 Å². The molecule has 1 heterocycles. The van der Waals surface area contributed by atoms with E-state index in [4.69, 9.17) is 0 Å². The van der Waals surface area contributed by atoms with Crippen molar-refractivity contribution >= 4 is 11.5 Å². The number of aromatic nitrogens is 3. The molecule has 17 heavy (non-hydrogen) atoms. The molecule has 0 bridgehead atoms. The number of hydrogen-bond acceptors (Lipinski definition) is 5. The summed E-state index contributed by atoms with van der Waals surface area (Å²) in [6, 6.07) is 4.22. The largest absolute Gasteiger partial charge is 0.294 e. The smallest absolute Gasteiger partial charge is 0.280 e. The molecule has 2 rings (SSSR count). The first-order valence-electron chi connectivity index (χ1n) is 4.74. The van der Waals surface area contributed by atoms with Crippen LogP contribution in [-0.2, 0) is 0 Å². The van der Waals surface area contributed by atoms with Gasteiger partial charge in [0, 0.05) is 6.07 Å². The molecule has 1 aromatic carbocycles. The van der Waals surface area contributed by atoms with Gasteiger partial charge in [-0.05, 0) is 19.1 Å². The average molecular weight is 232 g/mol. The SMILES string of the molecule is CC(=O)c1cc(-n2cncn2)ccc1[N+](=O)[O-]. The first kappa shape index (κ1) is 10.9. The van der Waals surface area contributed by atoms with Crippen LogP contribution < -0.4 is 0 Å². The van der Waals surface area contributed by atoms with Crippen molar-refractivity contribution in [3.63, 3.8) is 0 Å². The van der Waals surface area contributed by atoms with Crippen molar-refractivity contribution in [1.82, 2.24) is 14.8 Å². The van der Waals surface area contributed by atoms with E-state index in [2.05, 4.69) is 10.1 Å². The van der Waals surface area contributed by atoms with Gasteiger partial charge in [-0.2, -0.15) is 5.10 Å². The van der Waals surface area contributed by atoms with E-state index in [9.17, 15) is 14.9 Å². The molecular formula is C10H8N4O3. The van der Waals surface area contributed by atoms with Crippen LogP contribution in [0.3, 0.4) is 0 Å². The zero-order valence-corrected chi connectivity index (χ0v) is 8.90. The average Bonchev–Trinajstić information content (AvgIpc) is 2.81. The molecular weight excluding hydrogens is 224 g/mol. The number of carbonyl (C=O) groups is 1. The van der Waals surface area contributed by atoms with Crippen LogP contribution in [0, 0.1) is 10.1 Å². The van der Waals surface area contributed by atoms with Gasteiger partial charge in [0.15, 0.2) is 5.78 Å². The maximum absolute atomic E-state index is 11.3. The van der Waals surface area contributed by atoms with Crippen LogP contribution in [0.1, 0.15) is 17.3 Å². The number of hydrogen-bond donors (Lipinski definition) is 0. The Morgan fingerprint density at radius 1 is 1.47 bits per heavy atom. The molecule has 0 N–H and O–H groups in total. The fourth-order valence-electron chi connectivity index (χ4n) is 1.45. The number of rotatable bonds is 3. The Morgan fingerprint density at radius 2 is 2.24 bits per heavy atom. The van der Waals surface area contributed by atoms with Crippen molar-refractivity contribution < 1.29 is 9.72 Å². The molecule has 0 radical (unpaired) electrons. The van der Waals surface area contributed by atoms with Crippen LogP contribution in [0.5, 0.6) is 0 Å². The summed E-state index contributed by atoms with van der Waals surface area (Å²) in [6.07, 6.45) is 2.79. The number of nitro groups is 1. The summed E-state index contributed by atoms with van der Waals surface area (Å²) < 4.78 is 1.43. The molecule has 0 saturated heterocycles. The molecule has 0 fully saturated rings. The standard InChI is InChI=1S/C10H8N4O3/c1-7(15)9-4-8(13-6-11-5-12-13)2-3-10(9)14(16)17/h2-6H,1H3. The highest BCUT2D eigenvalue weighted by molar-refractivity contribution is 5.98. The highest BCUT2D eigenvalue weighted by atomic mass is 16.6. The summed E-state index contributed by atoms with van der Waals surface area (Å²) in [7, 11) is 0. The van der Waals surface area contributed by atoms with Gasteiger partial charge in [-0.3, -0.25) is 14.9 Å². The highest BCUT2D eigenvalue weighted by Gasteiger charge is 2.18. The van der Waals surface area contributed by atoms with Crippen LogP contribution in [0.4, 0.5) is 5.69 Å². The molecule has 0 aliphatic carbocycles. The van der Waals surface area contributed by atoms with Gasteiger partial charge in [0.05, 0.1) is 16.2 Å². The Bertz CT molecular complexity index is 577. The van der Waals surface area contributed by atoms with E-state index in [1.54, 1.807) is 0 Å². The molecule has 2 aromatic rings. The molecule has 0 aliphatic rings. The van der Waals surface area contributed by atoms with E-state index in [1.165, 1.54) is 42.5 Å². The monoisotopic (exact) mass is 232 g/mol. The molecule has 1 aromatic heterocycles. The van der Waals surface area contributed by atoms with Crippen LogP contribution in [0.15, 0.2) is 30.9 Å². The van der Waals surface area contributed by atoms with Crippen LogP contribution in [-0.4, -0.2) is 25.5 Å². The van der Waals surface area contributed by atoms with Crippen molar-refractivity contribution in [1.29, 1.82) is 0 Å². The molecule has 0 spiro atoms. The summed E-state index contributed by atoms with van der Waals surface area (Å²) in [6.45, 7) is 1.29. The lowest BCUT2D eigenvalue weighted by molar-refractivity contribution is -0.385. The Morgan fingerprint density at radius 3 is 2.76 bits per heavy atom. The second-order valence-electron chi connectivity index (χ2n) is 3.35. The van der Waals surface area contributed by atoms with Crippen molar-refractivity contribution in [3.8, 4) is 5.69 Å². The minimum absolute atomic E-state index is 0.0583. The summed E-state index contributed by atoms with van der Waals surface area (Å²) in [5.41, 5.74) is 0.405. The third-order valence-corrected chi connectivity index (χ3v) is 2.24.